The zero-order valence-electron chi connectivity index (χ0n) is 13.9. The molecule has 0 spiro atoms. The summed E-state index contributed by atoms with van der Waals surface area (Å²) in [7, 11) is -3.79. The first kappa shape index (κ1) is 18.5. The van der Waals surface area contributed by atoms with Crippen molar-refractivity contribution in [2.24, 2.45) is 5.73 Å². The maximum atomic E-state index is 12.6. The standard InChI is InChI=1S/C17H19N3O4S/c1-11-6-7-12(2)15(8-11)25(23,24)20-14-5-3-4-13(9-14)17(22)19-10-16(18)21/h3-9,20H,10H2,1-2H3,(H2,18,21)(H,19,22). The first-order chi connectivity index (χ1) is 11.7. The van der Waals surface area contributed by atoms with Crippen LogP contribution in [0.2, 0.25) is 0 Å². The molecule has 0 aliphatic carbocycles. The summed E-state index contributed by atoms with van der Waals surface area (Å²) in [5.74, 6) is -1.19. The summed E-state index contributed by atoms with van der Waals surface area (Å²) < 4.78 is 27.7. The number of sulfonamides is 1. The van der Waals surface area contributed by atoms with E-state index in [0.29, 0.717) is 5.56 Å². The van der Waals surface area contributed by atoms with Gasteiger partial charge in [-0.25, -0.2) is 8.42 Å². The van der Waals surface area contributed by atoms with E-state index in [0.717, 1.165) is 5.56 Å². The molecule has 25 heavy (non-hydrogen) atoms. The van der Waals surface area contributed by atoms with Gasteiger partial charge in [-0.2, -0.15) is 0 Å². The quantitative estimate of drug-likeness (QED) is 0.719. The third kappa shape index (κ3) is 4.80. The lowest BCUT2D eigenvalue weighted by Gasteiger charge is -2.12. The topological polar surface area (TPSA) is 118 Å². The number of nitrogens with one attached hydrogen (secondary N) is 2. The lowest BCUT2D eigenvalue weighted by Crippen LogP contribution is -2.33. The molecule has 132 valence electrons. The highest BCUT2D eigenvalue weighted by Gasteiger charge is 2.18. The van der Waals surface area contributed by atoms with E-state index >= 15 is 0 Å². The molecule has 0 fully saturated rings. The van der Waals surface area contributed by atoms with Crippen molar-refractivity contribution >= 4 is 27.5 Å². The van der Waals surface area contributed by atoms with Gasteiger partial charge >= 0.3 is 0 Å². The second-order valence-electron chi connectivity index (χ2n) is 5.60. The minimum Gasteiger partial charge on any atom is -0.368 e. The van der Waals surface area contributed by atoms with Gasteiger partial charge in [0.15, 0.2) is 0 Å². The van der Waals surface area contributed by atoms with Crippen molar-refractivity contribution < 1.29 is 18.0 Å². The number of hydrogen-bond acceptors (Lipinski definition) is 4. The van der Waals surface area contributed by atoms with E-state index in [4.69, 9.17) is 5.73 Å². The summed E-state index contributed by atoms with van der Waals surface area (Å²) in [6.45, 7) is 3.22. The van der Waals surface area contributed by atoms with Crippen LogP contribution in [0.4, 0.5) is 5.69 Å². The molecule has 0 aromatic heterocycles. The normalized spacial score (nSPS) is 11.0. The lowest BCUT2D eigenvalue weighted by molar-refractivity contribution is -0.117. The minimum atomic E-state index is -3.79. The highest BCUT2D eigenvalue weighted by atomic mass is 32.2. The van der Waals surface area contributed by atoms with Gasteiger partial charge in [0.2, 0.25) is 5.91 Å². The average molecular weight is 361 g/mol. The summed E-state index contributed by atoms with van der Waals surface area (Å²) in [5, 5.41) is 2.35. The van der Waals surface area contributed by atoms with E-state index in [-0.39, 0.29) is 22.7 Å². The third-order valence-electron chi connectivity index (χ3n) is 3.43. The van der Waals surface area contributed by atoms with Gasteiger partial charge in [0, 0.05) is 11.3 Å². The zero-order chi connectivity index (χ0) is 18.6. The Morgan fingerprint density at radius 1 is 1.08 bits per heavy atom. The highest BCUT2D eigenvalue weighted by Crippen LogP contribution is 2.21. The van der Waals surface area contributed by atoms with Crippen molar-refractivity contribution in [1.29, 1.82) is 0 Å². The van der Waals surface area contributed by atoms with Crippen LogP contribution in [0.15, 0.2) is 47.4 Å². The molecule has 0 atom stereocenters. The molecular weight excluding hydrogens is 342 g/mol. The molecule has 2 aromatic rings. The summed E-state index contributed by atoms with van der Waals surface area (Å²) in [6, 6.07) is 11.1. The molecule has 4 N–H and O–H groups in total. The summed E-state index contributed by atoms with van der Waals surface area (Å²) in [5.41, 5.74) is 6.87. The Hall–Kier alpha value is -2.87. The van der Waals surface area contributed by atoms with E-state index in [2.05, 4.69) is 10.0 Å². The van der Waals surface area contributed by atoms with Gasteiger partial charge in [-0.15, -0.1) is 0 Å². The first-order valence-corrected chi connectivity index (χ1v) is 8.94. The Balaban J connectivity index is 2.25. The number of carbonyl (C=O) groups excluding carboxylic acids is 2. The Morgan fingerprint density at radius 2 is 1.80 bits per heavy atom. The molecule has 0 heterocycles. The number of rotatable bonds is 6. The molecule has 8 heteroatoms. The van der Waals surface area contributed by atoms with Crippen LogP contribution < -0.4 is 15.8 Å². The molecule has 2 amide bonds. The van der Waals surface area contributed by atoms with Crippen molar-refractivity contribution in [3.63, 3.8) is 0 Å². The number of aryl methyl sites for hydroxylation is 2. The number of nitrogens with two attached hydrogens (primary N) is 1. The third-order valence-corrected chi connectivity index (χ3v) is 4.96. The lowest BCUT2D eigenvalue weighted by atomic mass is 10.2. The van der Waals surface area contributed by atoms with Crippen LogP contribution in [0, 0.1) is 13.8 Å². The van der Waals surface area contributed by atoms with E-state index in [1.54, 1.807) is 25.1 Å². The van der Waals surface area contributed by atoms with Gasteiger partial charge < -0.3 is 11.1 Å². The van der Waals surface area contributed by atoms with Crippen LogP contribution >= 0.6 is 0 Å². The Bertz CT molecular complexity index is 923. The highest BCUT2D eigenvalue weighted by molar-refractivity contribution is 7.92. The average Bonchev–Trinajstić information content (AvgIpc) is 2.54. The fraction of sp³-hybridized carbons (Fsp3) is 0.176. The SMILES string of the molecule is Cc1ccc(C)c(S(=O)(=O)Nc2cccc(C(=O)NCC(N)=O)c2)c1. The Morgan fingerprint density at radius 3 is 2.48 bits per heavy atom. The van der Waals surface area contributed by atoms with Crippen molar-refractivity contribution in [2.45, 2.75) is 18.7 Å². The summed E-state index contributed by atoms with van der Waals surface area (Å²) in [4.78, 5) is 22.8. The van der Waals surface area contributed by atoms with Gasteiger partial charge in [0.25, 0.3) is 15.9 Å². The second-order valence-corrected chi connectivity index (χ2v) is 7.26. The molecule has 0 aliphatic rings. The number of amides is 2. The maximum absolute atomic E-state index is 12.6. The van der Waals surface area contributed by atoms with Crippen molar-refractivity contribution in [3.05, 3.63) is 59.2 Å². The van der Waals surface area contributed by atoms with Gasteiger partial charge in [-0.05, 0) is 49.2 Å². The monoisotopic (exact) mass is 361 g/mol. The van der Waals surface area contributed by atoms with E-state index in [1.807, 2.05) is 13.0 Å². The smallest absolute Gasteiger partial charge is 0.262 e. The predicted octanol–water partition coefficient (Wildman–Crippen LogP) is 1.32. The number of carbonyl (C=O) groups is 2. The van der Waals surface area contributed by atoms with Crippen molar-refractivity contribution in [2.75, 3.05) is 11.3 Å². The van der Waals surface area contributed by atoms with Crippen molar-refractivity contribution in [3.8, 4) is 0 Å². The molecule has 0 bridgehead atoms. The number of hydrogen-bond donors (Lipinski definition) is 3. The Kier molecular flexibility index (Phi) is 5.43. The summed E-state index contributed by atoms with van der Waals surface area (Å²) >= 11 is 0. The molecular formula is C17H19N3O4S. The maximum Gasteiger partial charge on any atom is 0.262 e. The predicted molar refractivity (Wildman–Crippen MR) is 94.7 cm³/mol. The number of anilines is 1. The molecule has 0 aliphatic heterocycles. The Labute approximate surface area is 146 Å². The van der Waals surface area contributed by atoms with Gasteiger partial charge in [-0.3, -0.25) is 14.3 Å². The molecule has 0 radical (unpaired) electrons. The largest absolute Gasteiger partial charge is 0.368 e. The van der Waals surface area contributed by atoms with Gasteiger partial charge in [-0.1, -0.05) is 18.2 Å². The van der Waals surface area contributed by atoms with Crippen LogP contribution in [0.5, 0.6) is 0 Å². The van der Waals surface area contributed by atoms with Crippen molar-refractivity contribution in [1.82, 2.24) is 5.32 Å². The molecule has 0 saturated carbocycles. The number of benzene rings is 2. The van der Waals surface area contributed by atoms with Crippen LogP contribution in [0.25, 0.3) is 0 Å². The fourth-order valence-electron chi connectivity index (χ4n) is 2.20. The van der Waals surface area contributed by atoms with Gasteiger partial charge in [0.05, 0.1) is 11.4 Å². The minimum absolute atomic E-state index is 0.177. The molecule has 0 unspecified atom stereocenters. The van der Waals surface area contributed by atoms with Gasteiger partial charge in [0.1, 0.15) is 0 Å². The van der Waals surface area contributed by atoms with Crippen LogP contribution in [0.1, 0.15) is 21.5 Å². The molecule has 7 nitrogen and oxygen atoms in total. The van der Waals surface area contributed by atoms with E-state index in [1.165, 1.54) is 18.2 Å². The van der Waals surface area contributed by atoms with Crippen LogP contribution in [0.3, 0.4) is 0 Å². The van der Waals surface area contributed by atoms with E-state index in [9.17, 15) is 18.0 Å². The van der Waals surface area contributed by atoms with Crippen LogP contribution in [-0.2, 0) is 14.8 Å². The molecule has 2 aromatic carbocycles. The first-order valence-electron chi connectivity index (χ1n) is 7.46. The molecule has 2 rings (SSSR count). The number of primary amides is 1. The molecule has 0 saturated heterocycles. The second kappa shape index (κ2) is 7.35. The van der Waals surface area contributed by atoms with E-state index < -0.39 is 21.8 Å². The summed E-state index contributed by atoms with van der Waals surface area (Å²) in [6.07, 6.45) is 0. The fourth-order valence-corrected chi connectivity index (χ4v) is 3.58. The van der Waals surface area contributed by atoms with Crippen LogP contribution in [-0.4, -0.2) is 26.8 Å². The zero-order valence-corrected chi connectivity index (χ0v) is 14.7.